The van der Waals surface area contributed by atoms with Crippen LogP contribution in [0.25, 0.3) is 15.4 Å². The van der Waals surface area contributed by atoms with E-state index in [0.717, 1.165) is 33.2 Å². The van der Waals surface area contributed by atoms with Crippen molar-refractivity contribution < 1.29 is 13.2 Å². The number of thiazole rings is 1. The lowest BCUT2D eigenvalue weighted by atomic mass is 10.1. The summed E-state index contributed by atoms with van der Waals surface area (Å²) in [4.78, 5) is 5.68. The smallest absolute Gasteiger partial charge is 0.208 e. The van der Waals surface area contributed by atoms with Gasteiger partial charge in [0.1, 0.15) is 6.33 Å². The second kappa shape index (κ2) is 4.06. The number of hydrogen-bond acceptors (Lipinski definition) is 3. The highest BCUT2D eigenvalue weighted by molar-refractivity contribution is 7.20. The zero-order valence-electron chi connectivity index (χ0n) is 9.77. The molecule has 7 heteroatoms. The Labute approximate surface area is 110 Å². The highest BCUT2D eigenvalue weighted by atomic mass is 32.1. The Morgan fingerprint density at radius 1 is 1.16 bits per heavy atom. The highest BCUT2D eigenvalue weighted by Crippen LogP contribution is 2.34. The number of rotatable bonds is 1. The van der Waals surface area contributed by atoms with E-state index >= 15 is 0 Å². The van der Waals surface area contributed by atoms with Crippen molar-refractivity contribution in [2.24, 2.45) is 0 Å². The van der Waals surface area contributed by atoms with Gasteiger partial charge in [0.25, 0.3) is 0 Å². The van der Waals surface area contributed by atoms with Gasteiger partial charge in [0.2, 0.25) is 4.96 Å². The Bertz CT molecular complexity index is 725. The summed E-state index contributed by atoms with van der Waals surface area (Å²) in [5.41, 5.74) is 0.966. The first-order chi connectivity index (χ1) is 8.97. The van der Waals surface area contributed by atoms with Gasteiger partial charge in [0.05, 0.1) is 16.1 Å². The fraction of sp³-hybridized carbons (Fsp3) is 0.167. The number of aryl methyl sites for hydroxylation is 1. The largest absolute Gasteiger partial charge is 0.416 e. The zero-order chi connectivity index (χ0) is 13.6. The van der Waals surface area contributed by atoms with E-state index in [2.05, 4.69) is 10.1 Å². The van der Waals surface area contributed by atoms with E-state index in [1.807, 2.05) is 6.92 Å². The minimum Gasteiger partial charge on any atom is -0.208 e. The molecule has 98 valence electrons. The average Bonchev–Trinajstić information content (AvgIpc) is 2.92. The predicted molar refractivity (Wildman–Crippen MR) is 66.0 cm³/mol. The van der Waals surface area contributed by atoms with E-state index < -0.39 is 11.7 Å². The van der Waals surface area contributed by atoms with Gasteiger partial charge < -0.3 is 0 Å². The van der Waals surface area contributed by atoms with Crippen molar-refractivity contribution >= 4 is 16.3 Å². The molecule has 0 bridgehead atoms. The Hall–Kier alpha value is -1.89. The lowest BCUT2D eigenvalue weighted by Crippen LogP contribution is -2.03. The summed E-state index contributed by atoms with van der Waals surface area (Å²) in [5.74, 6) is 0. The molecule has 0 aliphatic carbocycles. The van der Waals surface area contributed by atoms with E-state index in [0.29, 0.717) is 0 Å². The number of benzene rings is 1. The molecule has 0 amide bonds. The Kier molecular flexibility index (Phi) is 2.60. The van der Waals surface area contributed by atoms with E-state index in [1.54, 1.807) is 4.52 Å². The third kappa shape index (κ3) is 1.99. The van der Waals surface area contributed by atoms with Gasteiger partial charge in [-0.3, -0.25) is 0 Å². The minimum atomic E-state index is -4.31. The summed E-state index contributed by atoms with van der Waals surface area (Å²) in [6.45, 7) is 1.87. The monoisotopic (exact) mass is 283 g/mol. The molecule has 3 aromatic rings. The molecule has 2 aromatic heterocycles. The maximum absolute atomic E-state index is 12.5. The van der Waals surface area contributed by atoms with E-state index in [-0.39, 0.29) is 0 Å². The minimum absolute atomic E-state index is 0.645. The van der Waals surface area contributed by atoms with Crippen LogP contribution >= 0.6 is 11.3 Å². The predicted octanol–water partition coefficient (Wildman–Crippen LogP) is 3.79. The molecule has 0 fully saturated rings. The summed E-state index contributed by atoms with van der Waals surface area (Å²) in [7, 11) is 0. The van der Waals surface area contributed by atoms with Crippen LogP contribution in [0.2, 0.25) is 0 Å². The van der Waals surface area contributed by atoms with Crippen molar-refractivity contribution in [1.82, 2.24) is 14.6 Å². The summed E-state index contributed by atoms with van der Waals surface area (Å²) < 4.78 is 39.2. The summed E-state index contributed by atoms with van der Waals surface area (Å²) in [6, 6.07) is 5.12. The second-order valence-electron chi connectivity index (χ2n) is 4.05. The van der Waals surface area contributed by atoms with Gasteiger partial charge in [-0.2, -0.15) is 18.3 Å². The van der Waals surface area contributed by atoms with Crippen LogP contribution in [0.1, 0.15) is 11.3 Å². The molecule has 0 aliphatic rings. The SMILES string of the molecule is Cc1c(-c2ccc(C(F)(F)F)cc2)sc2ncnn12. The molecule has 0 spiro atoms. The molecule has 0 atom stereocenters. The first-order valence-electron chi connectivity index (χ1n) is 5.43. The Morgan fingerprint density at radius 3 is 2.42 bits per heavy atom. The molecule has 0 N–H and O–H groups in total. The maximum atomic E-state index is 12.5. The molecule has 0 aliphatic heterocycles. The topological polar surface area (TPSA) is 30.2 Å². The van der Waals surface area contributed by atoms with Crippen LogP contribution in [-0.4, -0.2) is 14.6 Å². The zero-order valence-corrected chi connectivity index (χ0v) is 10.6. The van der Waals surface area contributed by atoms with Crippen LogP contribution in [0.4, 0.5) is 13.2 Å². The molecule has 1 aromatic carbocycles. The number of hydrogen-bond donors (Lipinski definition) is 0. The first kappa shape index (κ1) is 12.2. The lowest BCUT2D eigenvalue weighted by Gasteiger charge is -2.07. The summed E-state index contributed by atoms with van der Waals surface area (Å²) in [5, 5.41) is 4.06. The van der Waals surface area contributed by atoms with Crippen molar-refractivity contribution in [2.75, 3.05) is 0 Å². The molecule has 0 unspecified atom stereocenters. The van der Waals surface area contributed by atoms with Gasteiger partial charge in [-0.25, -0.2) is 9.50 Å². The Morgan fingerprint density at radius 2 is 1.84 bits per heavy atom. The van der Waals surface area contributed by atoms with Crippen LogP contribution < -0.4 is 0 Å². The van der Waals surface area contributed by atoms with Gasteiger partial charge in [0, 0.05) is 0 Å². The van der Waals surface area contributed by atoms with Gasteiger partial charge in [0.15, 0.2) is 0 Å². The molecule has 2 heterocycles. The third-order valence-electron chi connectivity index (χ3n) is 2.83. The van der Waals surface area contributed by atoms with Crippen LogP contribution in [0.5, 0.6) is 0 Å². The quantitative estimate of drug-likeness (QED) is 0.680. The molecular weight excluding hydrogens is 275 g/mol. The first-order valence-corrected chi connectivity index (χ1v) is 6.25. The van der Waals surface area contributed by atoms with Crippen LogP contribution in [-0.2, 0) is 6.18 Å². The van der Waals surface area contributed by atoms with Crippen LogP contribution in [0, 0.1) is 6.92 Å². The maximum Gasteiger partial charge on any atom is 0.416 e. The normalized spacial score (nSPS) is 12.2. The molecular formula is C12H8F3N3S. The van der Waals surface area contributed by atoms with Crippen LogP contribution in [0.3, 0.4) is 0 Å². The Balaban J connectivity index is 2.07. The van der Waals surface area contributed by atoms with E-state index in [4.69, 9.17) is 0 Å². The van der Waals surface area contributed by atoms with Crippen LogP contribution in [0.15, 0.2) is 30.6 Å². The summed E-state index contributed by atoms with van der Waals surface area (Å²) in [6.07, 6.45) is -2.85. The molecule has 3 nitrogen and oxygen atoms in total. The molecule has 0 saturated heterocycles. The number of aromatic nitrogens is 3. The van der Waals surface area contributed by atoms with Crippen molar-refractivity contribution in [3.8, 4) is 10.4 Å². The molecule has 19 heavy (non-hydrogen) atoms. The van der Waals surface area contributed by atoms with Crippen molar-refractivity contribution in [3.63, 3.8) is 0 Å². The van der Waals surface area contributed by atoms with Gasteiger partial charge >= 0.3 is 6.18 Å². The third-order valence-corrected chi connectivity index (χ3v) is 4.03. The number of nitrogens with zero attached hydrogens (tertiary/aromatic N) is 3. The second-order valence-corrected chi connectivity index (χ2v) is 5.02. The van der Waals surface area contributed by atoms with Crippen molar-refractivity contribution in [3.05, 3.63) is 41.9 Å². The average molecular weight is 283 g/mol. The number of alkyl halides is 3. The standard InChI is InChI=1S/C12H8F3N3S/c1-7-10(19-11-16-6-17-18(7)11)8-2-4-9(5-3-8)12(13,14)15/h2-6H,1H3. The fourth-order valence-corrected chi connectivity index (χ4v) is 2.91. The van der Waals surface area contributed by atoms with Crippen molar-refractivity contribution in [2.45, 2.75) is 13.1 Å². The van der Waals surface area contributed by atoms with Gasteiger partial charge in [-0.05, 0) is 24.6 Å². The highest BCUT2D eigenvalue weighted by Gasteiger charge is 2.30. The number of halogens is 3. The molecule has 0 radical (unpaired) electrons. The summed E-state index contributed by atoms with van der Waals surface area (Å²) >= 11 is 1.41. The molecule has 0 saturated carbocycles. The fourth-order valence-electron chi connectivity index (χ4n) is 1.87. The number of fused-ring (bicyclic) bond motifs is 1. The van der Waals surface area contributed by atoms with Gasteiger partial charge in [-0.15, -0.1) is 0 Å². The van der Waals surface area contributed by atoms with Crippen molar-refractivity contribution in [1.29, 1.82) is 0 Å². The van der Waals surface area contributed by atoms with E-state index in [1.165, 1.54) is 29.8 Å². The van der Waals surface area contributed by atoms with E-state index in [9.17, 15) is 13.2 Å². The van der Waals surface area contributed by atoms with Gasteiger partial charge in [-0.1, -0.05) is 23.5 Å². The molecule has 3 rings (SSSR count). The lowest BCUT2D eigenvalue weighted by molar-refractivity contribution is -0.137.